The van der Waals surface area contributed by atoms with Gasteiger partial charge < -0.3 is 10.1 Å². The Labute approximate surface area is 155 Å². The van der Waals surface area contributed by atoms with Crippen molar-refractivity contribution in [2.45, 2.75) is 31.1 Å². The van der Waals surface area contributed by atoms with Gasteiger partial charge in [0.25, 0.3) is 5.91 Å². The molecule has 1 aliphatic rings. The van der Waals surface area contributed by atoms with Crippen molar-refractivity contribution in [2.24, 2.45) is 0 Å². The first-order chi connectivity index (χ1) is 12.1. The second-order valence-corrected chi connectivity index (χ2v) is 7.14. The summed E-state index contributed by atoms with van der Waals surface area (Å²) in [4.78, 5) is 12.4. The number of carbonyl (C=O) groups is 1. The second-order valence-electron chi connectivity index (χ2n) is 6.28. The molecule has 4 nitrogen and oxygen atoms in total. The minimum absolute atomic E-state index is 0.188. The molecule has 0 radical (unpaired) electrons. The molecule has 0 saturated heterocycles. The fourth-order valence-corrected chi connectivity index (χ4v) is 3.87. The molecule has 1 N–H and O–H groups in total. The lowest BCUT2D eigenvalue weighted by atomic mass is 9.80. The van der Waals surface area contributed by atoms with Gasteiger partial charge in [-0.2, -0.15) is 5.26 Å². The number of carbonyl (C=O) groups excluding carboxylic acids is 1. The quantitative estimate of drug-likeness (QED) is 0.783. The SMILES string of the molecule is COc1ccc(C(=O)Nc2ccc(C3(C#N)CCCC3)cc2)cc1Br. The molecule has 0 heterocycles. The first-order valence-corrected chi connectivity index (χ1v) is 9.04. The summed E-state index contributed by atoms with van der Waals surface area (Å²) in [6.45, 7) is 0. The Kier molecular flexibility index (Phi) is 5.10. The van der Waals surface area contributed by atoms with Crippen molar-refractivity contribution in [1.82, 2.24) is 0 Å². The Morgan fingerprint density at radius 1 is 1.20 bits per heavy atom. The van der Waals surface area contributed by atoms with E-state index in [0.29, 0.717) is 17.0 Å². The summed E-state index contributed by atoms with van der Waals surface area (Å²) in [5, 5.41) is 12.5. The number of halogens is 1. The molecule has 25 heavy (non-hydrogen) atoms. The number of amides is 1. The summed E-state index contributed by atoms with van der Waals surface area (Å²) in [5.74, 6) is 0.492. The molecular formula is C20H19BrN2O2. The van der Waals surface area contributed by atoms with Gasteiger partial charge in [0.15, 0.2) is 0 Å². The maximum Gasteiger partial charge on any atom is 0.255 e. The van der Waals surface area contributed by atoms with E-state index < -0.39 is 0 Å². The molecule has 1 aliphatic carbocycles. The fraction of sp³-hybridized carbons (Fsp3) is 0.300. The van der Waals surface area contributed by atoms with Gasteiger partial charge in [-0.05, 0) is 64.7 Å². The molecule has 128 valence electrons. The minimum atomic E-state index is -0.358. The summed E-state index contributed by atoms with van der Waals surface area (Å²) in [5.41, 5.74) is 1.94. The summed E-state index contributed by atoms with van der Waals surface area (Å²) in [6, 6.07) is 15.3. The molecule has 1 fully saturated rings. The van der Waals surface area contributed by atoms with E-state index >= 15 is 0 Å². The molecule has 0 bridgehead atoms. The Bertz CT molecular complexity index is 819. The molecule has 0 unspecified atom stereocenters. The van der Waals surface area contributed by atoms with E-state index in [4.69, 9.17) is 4.74 Å². The zero-order valence-electron chi connectivity index (χ0n) is 14.0. The van der Waals surface area contributed by atoms with Gasteiger partial charge in [0, 0.05) is 11.3 Å². The third-order valence-corrected chi connectivity index (χ3v) is 5.40. The van der Waals surface area contributed by atoms with E-state index in [2.05, 4.69) is 27.3 Å². The number of rotatable bonds is 4. The molecule has 2 aromatic carbocycles. The van der Waals surface area contributed by atoms with Crippen LogP contribution in [0.1, 0.15) is 41.6 Å². The number of benzene rings is 2. The van der Waals surface area contributed by atoms with Crippen molar-refractivity contribution < 1.29 is 9.53 Å². The average molecular weight is 399 g/mol. The van der Waals surface area contributed by atoms with Crippen LogP contribution < -0.4 is 10.1 Å². The maximum absolute atomic E-state index is 12.4. The predicted molar refractivity (Wildman–Crippen MR) is 101 cm³/mol. The van der Waals surface area contributed by atoms with Crippen LogP contribution in [0.3, 0.4) is 0 Å². The number of hydrogen-bond donors (Lipinski definition) is 1. The first kappa shape index (κ1) is 17.5. The van der Waals surface area contributed by atoms with Crippen molar-refractivity contribution in [3.8, 4) is 11.8 Å². The smallest absolute Gasteiger partial charge is 0.255 e. The summed E-state index contributed by atoms with van der Waals surface area (Å²) in [6.07, 6.45) is 4.01. The van der Waals surface area contributed by atoms with Gasteiger partial charge in [-0.3, -0.25) is 4.79 Å². The van der Waals surface area contributed by atoms with E-state index in [1.807, 2.05) is 24.3 Å². The lowest BCUT2D eigenvalue weighted by Gasteiger charge is -2.21. The van der Waals surface area contributed by atoms with Crippen molar-refractivity contribution in [2.75, 3.05) is 12.4 Å². The molecule has 1 saturated carbocycles. The van der Waals surface area contributed by atoms with Crippen LogP contribution in [0, 0.1) is 11.3 Å². The number of nitriles is 1. The Morgan fingerprint density at radius 3 is 2.44 bits per heavy atom. The van der Waals surface area contributed by atoms with E-state index in [9.17, 15) is 10.1 Å². The monoisotopic (exact) mass is 398 g/mol. The minimum Gasteiger partial charge on any atom is -0.496 e. The van der Waals surface area contributed by atoms with Crippen LogP contribution >= 0.6 is 15.9 Å². The normalized spacial score (nSPS) is 15.4. The van der Waals surface area contributed by atoms with E-state index in [1.54, 1.807) is 25.3 Å². The van der Waals surface area contributed by atoms with E-state index in [-0.39, 0.29) is 11.3 Å². The highest BCUT2D eigenvalue weighted by Gasteiger charge is 2.35. The third kappa shape index (κ3) is 3.54. The highest BCUT2D eigenvalue weighted by molar-refractivity contribution is 9.10. The van der Waals surface area contributed by atoms with Gasteiger partial charge in [-0.15, -0.1) is 0 Å². The Hall–Kier alpha value is -2.32. The molecule has 0 aliphatic heterocycles. The van der Waals surface area contributed by atoms with Gasteiger partial charge in [0.1, 0.15) is 5.75 Å². The lowest BCUT2D eigenvalue weighted by molar-refractivity contribution is 0.102. The number of ether oxygens (including phenoxy) is 1. The topological polar surface area (TPSA) is 62.1 Å². The largest absolute Gasteiger partial charge is 0.496 e. The van der Waals surface area contributed by atoms with Gasteiger partial charge >= 0.3 is 0 Å². The summed E-state index contributed by atoms with van der Waals surface area (Å²) in [7, 11) is 1.58. The van der Waals surface area contributed by atoms with Gasteiger partial charge in [-0.1, -0.05) is 25.0 Å². The highest BCUT2D eigenvalue weighted by atomic mass is 79.9. The van der Waals surface area contributed by atoms with Crippen LogP contribution in [0.15, 0.2) is 46.9 Å². The molecule has 0 spiro atoms. The Morgan fingerprint density at radius 2 is 1.88 bits per heavy atom. The zero-order valence-corrected chi connectivity index (χ0v) is 15.6. The van der Waals surface area contributed by atoms with Crippen LogP contribution in [0.2, 0.25) is 0 Å². The van der Waals surface area contributed by atoms with Crippen LogP contribution in [0.4, 0.5) is 5.69 Å². The summed E-state index contributed by atoms with van der Waals surface area (Å²) < 4.78 is 5.91. The number of hydrogen-bond acceptors (Lipinski definition) is 3. The molecule has 1 amide bonds. The number of nitrogens with zero attached hydrogens (tertiary/aromatic N) is 1. The first-order valence-electron chi connectivity index (χ1n) is 8.25. The number of anilines is 1. The molecule has 0 atom stereocenters. The summed E-state index contributed by atoms with van der Waals surface area (Å²) >= 11 is 3.39. The van der Waals surface area contributed by atoms with Crippen LogP contribution in [0.25, 0.3) is 0 Å². The Balaban J connectivity index is 1.74. The van der Waals surface area contributed by atoms with Crippen molar-refractivity contribution in [3.63, 3.8) is 0 Å². The standard InChI is InChI=1S/C20H19BrN2O2/c1-25-18-9-4-14(12-17(18)21)19(24)23-16-7-5-15(6-8-16)20(13-22)10-2-3-11-20/h4-9,12H,2-3,10-11H2,1H3,(H,23,24). The predicted octanol–water partition coefficient (Wildman–Crippen LogP) is 5.05. The maximum atomic E-state index is 12.4. The van der Waals surface area contributed by atoms with Crippen LogP contribution in [0.5, 0.6) is 5.75 Å². The van der Waals surface area contributed by atoms with Gasteiger partial charge in [0.05, 0.1) is 23.1 Å². The van der Waals surface area contributed by atoms with Crippen LogP contribution in [-0.2, 0) is 5.41 Å². The van der Waals surface area contributed by atoms with E-state index in [0.717, 1.165) is 35.7 Å². The molecule has 3 rings (SSSR count). The van der Waals surface area contributed by atoms with E-state index in [1.165, 1.54) is 0 Å². The highest BCUT2D eigenvalue weighted by Crippen LogP contribution is 2.40. The third-order valence-electron chi connectivity index (χ3n) is 4.78. The van der Waals surface area contributed by atoms with Crippen molar-refractivity contribution in [3.05, 3.63) is 58.1 Å². The number of nitrogens with one attached hydrogen (secondary N) is 1. The number of methoxy groups -OCH3 is 1. The zero-order chi connectivity index (χ0) is 17.9. The van der Waals surface area contributed by atoms with Crippen molar-refractivity contribution in [1.29, 1.82) is 5.26 Å². The van der Waals surface area contributed by atoms with Gasteiger partial charge in [-0.25, -0.2) is 0 Å². The second kappa shape index (κ2) is 7.28. The molecular weight excluding hydrogens is 380 g/mol. The van der Waals surface area contributed by atoms with Crippen LogP contribution in [-0.4, -0.2) is 13.0 Å². The van der Waals surface area contributed by atoms with Crippen molar-refractivity contribution >= 4 is 27.5 Å². The molecule has 0 aromatic heterocycles. The fourth-order valence-electron chi connectivity index (χ4n) is 3.33. The van der Waals surface area contributed by atoms with Gasteiger partial charge in [0.2, 0.25) is 0 Å². The average Bonchev–Trinajstić information content (AvgIpc) is 3.12. The molecule has 5 heteroatoms. The lowest BCUT2D eigenvalue weighted by Crippen LogP contribution is -2.19. The molecule has 2 aromatic rings.